The van der Waals surface area contributed by atoms with Crippen molar-refractivity contribution in [1.29, 1.82) is 0 Å². The Bertz CT molecular complexity index is 849. The molecule has 2 aromatic rings. The summed E-state index contributed by atoms with van der Waals surface area (Å²) < 4.78 is 4.92. The van der Waals surface area contributed by atoms with Crippen molar-refractivity contribution in [2.45, 2.75) is 26.3 Å². The molecule has 0 spiro atoms. The van der Waals surface area contributed by atoms with Gasteiger partial charge in [0.25, 0.3) is 11.6 Å². The average molecular weight is 371 g/mol. The number of benzene rings is 2. The van der Waals surface area contributed by atoms with Gasteiger partial charge in [0.1, 0.15) is 5.69 Å². The van der Waals surface area contributed by atoms with Crippen LogP contribution in [0.5, 0.6) is 0 Å². The van der Waals surface area contributed by atoms with Crippen LogP contribution in [-0.4, -0.2) is 23.4 Å². The number of anilines is 1. The highest BCUT2D eigenvalue weighted by Crippen LogP contribution is 2.22. The molecule has 0 aromatic heterocycles. The normalized spacial score (nSPS) is 11.5. The van der Waals surface area contributed by atoms with Crippen LogP contribution in [0.15, 0.2) is 42.5 Å². The first kappa shape index (κ1) is 19.9. The highest BCUT2D eigenvalue weighted by molar-refractivity contribution is 5.92. The van der Waals surface area contributed by atoms with Gasteiger partial charge in [-0.2, -0.15) is 0 Å². The van der Waals surface area contributed by atoms with Gasteiger partial charge >= 0.3 is 5.97 Å². The summed E-state index contributed by atoms with van der Waals surface area (Å²) in [6, 6.07) is 11.2. The van der Waals surface area contributed by atoms with E-state index in [-0.39, 0.29) is 17.3 Å². The topological polar surface area (TPSA) is 125 Å². The summed E-state index contributed by atoms with van der Waals surface area (Å²) >= 11 is 0. The molecule has 1 atom stereocenters. The molecule has 8 heteroatoms. The van der Waals surface area contributed by atoms with Crippen LogP contribution in [0.4, 0.5) is 11.4 Å². The van der Waals surface area contributed by atoms with Crippen LogP contribution in [0.3, 0.4) is 0 Å². The fraction of sp³-hybridized carbons (Fsp3) is 0.263. The molecule has 2 rings (SSSR count). The molecule has 0 saturated heterocycles. The minimum Gasteiger partial charge on any atom is -0.452 e. The van der Waals surface area contributed by atoms with Crippen molar-refractivity contribution in [3.05, 3.63) is 69.3 Å². The van der Waals surface area contributed by atoms with E-state index < -0.39 is 29.1 Å². The smallest absolute Gasteiger partial charge is 0.338 e. The van der Waals surface area contributed by atoms with E-state index in [2.05, 4.69) is 12.2 Å². The lowest BCUT2D eigenvalue weighted by Crippen LogP contribution is -2.31. The van der Waals surface area contributed by atoms with Crippen molar-refractivity contribution in [2.75, 3.05) is 12.3 Å². The molecule has 8 nitrogen and oxygen atoms in total. The van der Waals surface area contributed by atoms with Crippen molar-refractivity contribution in [3.63, 3.8) is 0 Å². The molecule has 3 N–H and O–H groups in total. The number of nitrogen functional groups attached to an aromatic ring is 1. The third kappa shape index (κ3) is 5.27. The number of hydrogen-bond donors (Lipinski definition) is 2. The summed E-state index contributed by atoms with van der Waals surface area (Å²) in [5.41, 5.74) is 7.11. The number of carbonyl (C=O) groups excluding carboxylic acids is 2. The molecule has 0 saturated carbocycles. The Morgan fingerprint density at radius 1 is 1.22 bits per heavy atom. The Balaban J connectivity index is 1.91. The number of nitro groups is 1. The van der Waals surface area contributed by atoms with E-state index in [1.165, 1.54) is 17.7 Å². The van der Waals surface area contributed by atoms with Gasteiger partial charge in [0.05, 0.1) is 16.5 Å². The van der Waals surface area contributed by atoms with Crippen LogP contribution >= 0.6 is 0 Å². The van der Waals surface area contributed by atoms with E-state index in [0.717, 1.165) is 18.1 Å². The van der Waals surface area contributed by atoms with Crippen LogP contribution in [-0.2, 0) is 16.0 Å². The summed E-state index contributed by atoms with van der Waals surface area (Å²) in [7, 11) is 0. The number of nitrogens with two attached hydrogens (primary N) is 1. The molecule has 0 radical (unpaired) electrons. The van der Waals surface area contributed by atoms with Crippen LogP contribution in [0.25, 0.3) is 0 Å². The molecule has 0 unspecified atom stereocenters. The van der Waals surface area contributed by atoms with E-state index in [0.29, 0.717) is 0 Å². The Morgan fingerprint density at radius 3 is 2.48 bits per heavy atom. The summed E-state index contributed by atoms with van der Waals surface area (Å²) in [4.78, 5) is 34.2. The van der Waals surface area contributed by atoms with Crippen LogP contribution in [0, 0.1) is 10.1 Å². The van der Waals surface area contributed by atoms with E-state index in [9.17, 15) is 19.7 Å². The SMILES string of the molecule is CCc1ccc([C@H](C)NC(=O)COC(=O)c2ccc(N)c([N+](=O)[O-])c2)cc1. The van der Waals surface area contributed by atoms with Gasteiger partial charge in [-0.1, -0.05) is 31.2 Å². The maximum Gasteiger partial charge on any atom is 0.338 e. The van der Waals surface area contributed by atoms with E-state index in [1.807, 2.05) is 31.2 Å². The fourth-order valence-electron chi connectivity index (χ4n) is 2.45. The largest absolute Gasteiger partial charge is 0.452 e. The first-order chi connectivity index (χ1) is 12.8. The average Bonchev–Trinajstić information content (AvgIpc) is 2.66. The van der Waals surface area contributed by atoms with Gasteiger partial charge in [-0.15, -0.1) is 0 Å². The van der Waals surface area contributed by atoms with E-state index in [1.54, 1.807) is 0 Å². The molecule has 0 aliphatic heterocycles. The number of rotatable bonds is 7. The maximum atomic E-state index is 12.0. The lowest BCUT2D eigenvalue weighted by molar-refractivity contribution is -0.383. The first-order valence-electron chi connectivity index (χ1n) is 8.41. The highest BCUT2D eigenvalue weighted by atomic mass is 16.6. The number of amides is 1. The summed E-state index contributed by atoms with van der Waals surface area (Å²) in [5.74, 6) is -1.31. The second-order valence-electron chi connectivity index (χ2n) is 5.99. The molecule has 2 aromatic carbocycles. The zero-order valence-electron chi connectivity index (χ0n) is 15.1. The van der Waals surface area contributed by atoms with E-state index >= 15 is 0 Å². The standard InChI is InChI=1S/C19H21N3O5/c1-3-13-4-6-14(7-5-13)12(2)21-18(23)11-27-19(24)15-8-9-16(20)17(10-15)22(25)26/h4-10,12H,3,11,20H2,1-2H3,(H,21,23)/t12-/m0/s1. The molecule has 0 bridgehead atoms. The van der Waals surface area contributed by atoms with Crippen molar-refractivity contribution >= 4 is 23.3 Å². The predicted octanol–water partition coefficient (Wildman–Crippen LogP) is 2.77. The molecule has 0 heterocycles. The maximum absolute atomic E-state index is 12.0. The lowest BCUT2D eigenvalue weighted by atomic mass is 10.1. The summed E-state index contributed by atoms with van der Waals surface area (Å²) in [6.45, 7) is 3.39. The molecule has 142 valence electrons. The fourth-order valence-corrected chi connectivity index (χ4v) is 2.45. The highest BCUT2D eigenvalue weighted by Gasteiger charge is 2.18. The Morgan fingerprint density at radius 2 is 1.89 bits per heavy atom. The van der Waals surface area contributed by atoms with Gasteiger partial charge in [0.2, 0.25) is 0 Å². The number of aryl methyl sites for hydroxylation is 1. The minimum atomic E-state index is -0.840. The van der Waals surface area contributed by atoms with Crippen LogP contribution in [0.1, 0.15) is 41.4 Å². The van der Waals surface area contributed by atoms with Gasteiger partial charge in [-0.05, 0) is 36.6 Å². The van der Waals surface area contributed by atoms with Crippen molar-refractivity contribution < 1.29 is 19.2 Å². The zero-order valence-corrected chi connectivity index (χ0v) is 15.1. The molecule has 1 amide bonds. The lowest BCUT2D eigenvalue weighted by Gasteiger charge is -2.15. The Hall–Kier alpha value is -3.42. The minimum absolute atomic E-state index is 0.0492. The number of ether oxygens (including phenoxy) is 1. The third-order valence-corrected chi connectivity index (χ3v) is 4.06. The second-order valence-corrected chi connectivity index (χ2v) is 5.99. The Kier molecular flexibility index (Phi) is 6.48. The Labute approximate surface area is 156 Å². The molecular weight excluding hydrogens is 350 g/mol. The van der Waals surface area contributed by atoms with Crippen molar-refractivity contribution in [2.24, 2.45) is 0 Å². The summed E-state index contributed by atoms with van der Waals surface area (Å²) in [5, 5.41) is 13.6. The molecule has 27 heavy (non-hydrogen) atoms. The predicted molar refractivity (Wildman–Crippen MR) is 100 cm³/mol. The molecule has 0 aliphatic carbocycles. The van der Waals surface area contributed by atoms with Gasteiger partial charge in [0.15, 0.2) is 6.61 Å². The number of esters is 1. The molecule has 0 aliphatic rings. The third-order valence-electron chi connectivity index (χ3n) is 4.06. The summed E-state index contributed by atoms with van der Waals surface area (Å²) in [6.07, 6.45) is 0.931. The zero-order chi connectivity index (χ0) is 20.0. The molecule has 0 fully saturated rings. The van der Waals surface area contributed by atoms with Crippen LogP contribution < -0.4 is 11.1 Å². The van der Waals surface area contributed by atoms with Crippen molar-refractivity contribution in [3.8, 4) is 0 Å². The van der Waals surface area contributed by atoms with Gasteiger partial charge in [-0.3, -0.25) is 14.9 Å². The first-order valence-corrected chi connectivity index (χ1v) is 8.41. The second kappa shape index (κ2) is 8.79. The van der Waals surface area contributed by atoms with Crippen molar-refractivity contribution in [1.82, 2.24) is 5.32 Å². The number of nitrogens with one attached hydrogen (secondary N) is 1. The number of carbonyl (C=O) groups is 2. The van der Waals surface area contributed by atoms with E-state index in [4.69, 9.17) is 10.5 Å². The monoisotopic (exact) mass is 371 g/mol. The quantitative estimate of drug-likeness (QED) is 0.334. The number of nitro benzene ring substituents is 1. The number of hydrogen-bond acceptors (Lipinski definition) is 6. The number of nitrogens with zero attached hydrogens (tertiary/aromatic N) is 1. The van der Waals surface area contributed by atoms with Gasteiger partial charge in [0, 0.05) is 6.07 Å². The molecular formula is C19H21N3O5. The van der Waals surface area contributed by atoms with Gasteiger partial charge in [-0.25, -0.2) is 4.79 Å². The van der Waals surface area contributed by atoms with Gasteiger partial charge < -0.3 is 15.8 Å². The van der Waals surface area contributed by atoms with Crippen LogP contribution in [0.2, 0.25) is 0 Å².